The normalized spacial score (nSPS) is 15.7. The van der Waals surface area contributed by atoms with Gasteiger partial charge in [0.05, 0.1) is 24.7 Å². The summed E-state index contributed by atoms with van der Waals surface area (Å²) in [7, 11) is -3.61. The zero-order valence-corrected chi connectivity index (χ0v) is 22.2. The maximum Gasteiger partial charge on any atom is 0.243 e. The monoisotopic (exact) mass is 536 g/mol. The summed E-state index contributed by atoms with van der Waals surface area (Å²) in [6.45, 7) is 6.21. The Morgan fingerprint density at radius 2 is 1.91 bits per heavy atom. The molecule has 0 radical (unpaired) electrons. The van der Waals surface area contributed by atoms with Crippen molar-refractivity contribution >= 4 is 33.4 Å². The van der Waals surface area contributed by atoms with Crippen molar-refractivity contribution in [2.45, 2.75) is 36.4 Å². The fraction of sp³-hybridized carbons (Fsp3) is 0.417. The Kier molecular flexibility index (Phi) is 8.72. The summed E-state index contributed by atoms with van der Waals surface area (Å²) in [5.41, 5.74) is 0.717. The second-order valence-electron chi connectivity index (χ2n) is 8.13. The van der Waals surface area contributed by atoms with Crippen molar-refractivity contribution in [3.05, 3.63) is 53.6 Å². The molecule has 0 saturated carbocycles. The van der Waals surface area contributed by atoms with Crippen molar-refractivity contribution in [1.82, 2.24) is 19.1 Å². The van der Waals surface area contributed by atoms with Crippen LogP contribution in [0.3, 0.4) is 0 Å². The molecule has 1 atom stereocenters. The molecule has 2 aromatic carbocycles. The summed E-state index contributed by atoms with van der Waals surface area (Å²) in [6, 6.07) is 14.4. The summed E-state index contributed by atoms with van der Waals surface area (Å²) in [6.07, 6.45) is 0.878. The van der Waals surface area contributed by atoms with E-state index in [-0.39, 0.29) is 10.9 Å². The molecule has 35 heavy (non-hydrogen) atoms. The summed E-state index contributed by atoms with van der Waals surface area (Å²) >= 11 is 7.57. The number of nitrogens with zero attached hydrogens (tertiary/aromatic N) is 4. The lowest BCUT2D eigenvalue weighted by atomic mass is 10.2. The van der Waals surface area contributed by atoms with E-state index < -0.39 is 10.0 Å². The van der Waals surface area contributed by atoms with Crippen LogP contribution < -0.4 is 4.74 Å². The molecule has 11 heteroatoms. The number of morpholine rings is 1. The van der Waals surface area contributed by atoms with Crippen molar-refractivity contribution in [3.63, 3.8) is 0 Å². The van der Waals surface area contributed by atoms with Crippen LogP contribution in [0.4, 0.5) is 0 Å². The zero-order chi connectivity index (χ0) is 24.8. The van der Waals surface area contributed by atoms with E-state index in [2.05, 4.69) is 28.6 Å². The molecular formula is C24H29ClN4O4S2. The molecule has 1 aliphatic rings. The number of sulfonamides is 1. The highest BCUT2D eigenvalue weighted by molar-refractivity contribution is 7.99. The maximum absolute atomic E-state index is 13.2. The second kappa shape index (κ2) is 11.7. The first-order valence-corrected chi connectivity index (χ1v) is 14.3. The van der Waals surface area contributed by atoms with Gasteiger partial charge in [-0.3, -0.25) is 4.57 Å². The highest BCUT2D eigenvalue weighted by Crippen LogP contribution is 2.31. The van der Waals surface area contributed by atoms with E-state index in [0.29, 0.717) is 55.1 Å². The average Bonchev–Trinajstić information content (AvgIpc) is 3.31. The van der Waals surface area contributed by atoms with E-state index in [4.69, 9.17) is 21.1 Å². The van der Waals surface area contributed by atoms with Gasteiger partial charge in [0, 0.05) is 35.5 Å². The Balaban J connectivity index is 1.53. The fourth-order valence-electron chi connectivity index (χ4n) is 3.73. The molecule has 1 aliphatic heterocycles. The third-order valence-electron chi connectivity index (χ3n) is 5.78. The van der Waals surface area contributed by atoms with Crippen molar-refractivity contribution in [2.75, 3.05) is 38.7 Å². The van der Waals surface area contributed by atoms with E-state index in [1.807, 2.05) is 18.2 Å². The van der Waals surface area contributed by atoms with Gasteiger partial charge < -0.3 is 9.47 Å². The lowest BCUT2D eigenvalue weighted by Crippen LogP contribution is -2.40. The number of benzene rings is 2. The van der Waals surface area contributed by atoms with Gasteiger partial charge in [-0.05, 0) is 43.7 Å². The summed E-state index contributed by atoms with van der Waals surface area (Å²) in [5, 5.41) is 10.3. The molecule has 8 nitrogen and oxygen atoms in total. The predicted octanol–water partition coefficient (Wildman–Crippen LogP) is 4.76. The van der Waals surface area contributed by atoms with Crippen molar-refractivity contribution < 1.29 is 17.9 Å². The number of thioether (sulfide) groups is 1. The zero-order valence-electron chi connectivity index (χ0n) is 19.8. The minimum absolute atomic E-state index is 0.135. The molecule has 0 unspecified atom stereocenters. The Bertz CT molecular complexity index is 1250. The van der Waals surface area contributed by atoms with E-state index >= 15 is 0 Å². The SMILES string of the molecule is CC[C@H](C)n1c(SCCOc2cccc(Cl)c2)nnc1-c1cccc(S(=O)(=O)N2CCOCC2)c1. The first-order valence-electron chi connectivity index (χ1n) is 11.5. The summed E-state index contributed by atoms with van der Waals surface area (Å²) < 4.78 is 41.0. The van der Waals surface area contributed by atoms with Gasteiger partial charge in [-0.2, -0.15) is 4.31 Å². The van der Waals surface area contributed by atoms with Crippen molar-refractivity contribution in [1.29, 1.82) is 0 Å². The molecule has 4 rings (SSSR count). The average molecular weight is 537 g/mol. The van der Waals surface area contributed by atoms with Gasteiger partial charge in [-0.15, -0.1) is 10.2 Å². The van der Waals surface area contributed by atoms with Crippen LogP contribution in [0, 0.1) is 0 Å². The molecule has 0 amide bonds. The maximum atomic E-state index is 13.2. The van der Waals surface area contributed by atoms with Crippen molar-refractivity contribution in [2.24, 2.45) is 0 Å². The number of hydrogen-bond acceptors (Lipinski definition) is 7. The molecule has 1 fully saturated rings. The Labute approximate surface area is 215 Å². The first kappa shape index (κ1) is 26.0. The van der Waals surface area contributed by atoms with Gasteiger partial charge in [0.25, 0.3) is 0 Å². The molecular weight excluding hydrogens is 508 g/mol. The van der Waals surface area contributed by atoms with E-state index in [1.165, 1.54) is 4.31 Å². The Morgan fingerprint density at radius 3 is 2.66 bits per heavy atom. The topological polar surface area (TPSA) is 86.5 Å². The molecule has 3 aromatic rings. The third kappa shape index (κ3) is 6.18. The quantitative estimate of drug-likeness (QED) is 0.273. The Morgan fingerprint density at radius 1 is 1.14 bits per heavy atom. The van der Waals surface area contributed by atoms with Crippen LogP contribution >= 0.6 is 23.4 Å². The summed E-state index contributed by atoms with van der Waals surface area (Å²) in [4.78, 5) is 0.250. The molecule has 0 spiro atoms. The van der Waals surface area contributed by atoms with Crippen LogP contribution in [0.25, 0.3) is 11.4 Å². The molecule has 0 N–H and O–H groups in total. The first-order chi connectivity index (χ1) is 16.9. The van der Waals surface area contributed by atoms with Gasteiger partial charge in [0.2, 0.25) is 10.0 Å². The Hall–Kier alpha value is -2.11. The number of aromatic nitrogens is 3. The van der Waals surface area contributed by atoms with Crippen molar-refractivity contribution in [3.8, 4) is 17.1 Å². The molecule has 188 valence electrons. The van der Waals surface area contributed by atoms with Gasteiger partial charge in [0.15, 0.2) is 11.0 Å². The molecule has 0 bridgehead atoms. The highest BCUT2D eigenvalue weighted by atomic mass is 35.5. The van der Waals surface area contributed by atoms with Gasteiger partial charge >= 0.3 is 0 Å². The van der Waals surface area contributed by atoms with E-state index in [9.17, 15) is 8.42 Å². The van der Waals surface area contributed by atoms with Gasteiger partial charge in [-0.25, -0.2) is 8.42 Å². The predicted molar refractivity (Wildman–Crippen MR) is 138 cm³/mol. The molecule has 0 aliphatic carbocycles. The fourth-order valence-corrected chi connectivity index (χ4v) is 6.22. The van der Waals surface area contributed by atoms with Gasteiger partial charge in [-0.1, -0.05) is 48.5 Å². The number of rotatable bonds is 10. The standard InChI is InChI=1S/C24H29ClN4O4S2/c1-3-18(2)29-23(26-27-24(29)34-15-14-33-21-8-5-7-20(25)17-21)19-6-4-9-22(16-19)35(30,31)28-10-12-32-13-11-28/h4-9,16-18H,3,10-15H2,1-2H3/t18-/m0/s1. The van der Waals surface area contributed by atoms with Gasteiger partial charge in [0.1, 0.15) is 5.75 Å². The van der Waals surface area contributed by atoms with Crippen LogP contribution in [0.5, 0.6) is 5.75 Å². The van der Waals surface area contributed by atoms with Crippen LogP contribution in [0.2, 0.25) is 5.02 Å². The van der Waals surface area contributed by atoms with Crippen LogP contribution in [0.1, 0.15) is 26.3 Å². The molecule has 2 heterocycles. The number of hydrogen-bond donors (Lipinski definition) is 0. The van der Waals surface area contributed by atoms with Crippen LogP contribution in [-0.4, -0.2) is 66.2 Å². The molecule has 1 saturated heterocycles. The van der Waals surface area contributed by atoms with E-state index in [0.717, 1.165) is 17.3 Å². The van der Waals surface area contributed by atoms with Crippen LogP contribution in [0.15, 0.2) is 58.6 Å². The second-order valence-corrected chi connectivity index (χ2v) is 11.6. The summed E-state index contributed by atoms with van der Waals surface area (Å²) in [5.74, 6) is 2.05. The lowest BCUT2D eigenvalue weighted by molar-refractivity contribution is 0.0730. The largest absolute Gasteiger partial charge is 0.493 e. The van der Waals surface area contributed by atoms with E-state index in [1.54, 1.807) is 42.1 Å². The smallest absolute Gasteiger partial charge is 0.243 e. The number of halogens is 1. The minimum Gasteiger partial charge on any atom is -0.493 e. The minimum atomic E-state index is -3.61. The third-order valence-corrected chi connectivity index (χ3v) is 8.81. The lowest BCUT2D eigenvalue weighted by Gasteiger charge is -2.26. The molecule has 1 aromatic heterocycles. The number of ether oxygens (including phenoxy) is 2. The van der Waals surface area contributed by atoms with Crippen LogP contribution in [-0.2, 0) is 14.8 Å². The highest BCUT2D eigenvalue weighted by Gasteiger charge is 2.27.